The smallest absolute Gasteiger partial charge is 0.139 e. The van der Waals surface area contributed by atoms with Gasteiger partial charge in [0, 0.05) is 22.6 Å². The van der Waals surface area contributed by atoms with Crippen molar-refractivity contribution in [3.8, 4) is 17.2 Å². The van der Waals surface area contributed by atoms with E-state index in [9.17, 15) is 10.2 Å². The van der Waals surface area contributed by atoms with Crippen LogP contribution in [-0.4, -0.2) is 15.3 Å². The number of phenolic OH excluding ortho intramolecular Hbond substituents is 3. The fourth-order valence-electron chi connectivity index (χ4n) is 2.78. The molecule has 0 saturated carbocycles. The molecule has 0 heterocycles. The van der Waals surface area contributed by atoms with Crippen LogP contribution in [-0.2, 0) is 6.42 Å². The summed E-state index contributed by atoms with van der Waals surface area (Å²) in [4.78, 5) is 0. The third kappa shape index (κ3) is 8.43. The number of rotatable bonds is 2. The highest BCUT2D eigenvalue weighted by atomic mass is 35.5. The van der Waals surface area contributed by atoms with Gasteiger partial charge in [-0.2, -0.15) is 0 Å². The van der Waals surface area contributed by atoms with E-state index in [4.69, 9.17) is 86.3 Å². The third-order valence-electron chi connectivity index (χ3n) is 4.64. The molecule has 0 aromatic heterocycles. The van der Waals surface area contributed by atoms with Crippen LogP contribution in [0.5, 0.6) is 17.2 Å². The van der Waals surface area contributed by atoms with Gasteiger partial charge in [-0.25, -0.2) is 0 Å². The Labute approximate surface area is 244 Å². The molecule has 0 radical (unpaired) electrons. The van der Waals surface area contributed by atoms with Crippen molar-refractivity contribution in [1.29, 1.82) is 0 Å². The maximum absolute atomic E-state index is 10.0. The second-order valence-corrected chi connectivity index (χ2v) is 10.0. The van der Waals surface area contributed by atoms with E-state index in [1.54, 1.807) is 18.2 Å². The Kier molecular flexibility index (Phi) is 12.1. The Morgan fingerprint density at radius 3 is 1.25 bits per heavy atom. The lowest BCUT2D eigenvalue weighted by atomic mass is 10.0. The number of aromatic hydroxyl groups is 3. The van der Waals surface area contributed by atoms with Crippen LogP contribution in [0.3, 0.4) is 0 Å². The molecule has 0 amide bonds. The van der Waals surface area contributed by atoms with Crippen molar-refractivity contribution in [2.75, 3.05) is 0 Å². The zero-order valence-corrected chi connectivity index (χ0v) is 23.8. The van der Waals surface area contributed by atoms with Crippen LogP contribution in [0.15, 0.2) is 66.7 Å². The molecule has 4 rings (SSSR count). The second kappa shape index (κ2) is 14.3. The molecule has 0 unspecified atom stereocenters. The molecule has 0 spiro atoms. The Morgan fingerprint density at radius 1 is 0.528 bits per heavy atom. The van der Waals surface area contributed by atoms with Crippen molar-refractivity contribution < 1.29 is 15.3 Å². The summed E-state index contributed by atoms with van der Waals surface area (Å²) in [6.07, 6.45) is -0.0457. The summed E-state index contributed by atoms with van der Waals surface area (Å²) < 4.78 is 0. The van der Waals surface area contributed by atoms with Crippen LogP contribution >= 0.6 is 81.2 Å². The molecule has 0 bridgehead atoms. The van der Waals surface area contributed by atoms with Gasteiger partial charge in [0.1, 0.15) is 17.2 Å². The molecule has 0 saturated heterocycles. The first-order valence-electron chi connectivity index (χ1n) is 10.1. The quantitative estimate of drug-likeness (QED) is 0.194. The maximum Gasteiger partial charge on any atom is 0.139 e. The van der Waals surface area contributed by atoms with Crippen molar-refractivity contribution in [3.63, 3.8) is 0 Å². The Bertz CT molecular complexity index is 1190. The molecule has 10 heteroatoms. The predicted molar refractivity (Wildman–Crippen MR) is 153 cm³/mol. The Morgan fingerprint density at radius 2 is 0.917 bits per heavy atom. The molecule has 190 valence electrons. The van der Waals surface area contributed by atoms with Crippen LogP contribution in [0.25, 0.3) is 0 Å². The van der Waals surface area contributed by atoms with Crippen molar-refractivity contribution >= 4 is 81.2 Å². The van der Waals surface area contributed by atoms with E-state index in [1.165, 1.54) is 12.1 Å². The van der Waals surface area contributed by atoms with Crippen LogP contribution < -0.4 is 0 Å². The first-order chi connectivity index (χ1) is 16.9. The number of aryl methyl sites for hydroxylation is 1. The second-order valence-electron chi connectivity index (χ2n) is 7.23. The summed E-state index contributed by atoms with van der Waals surface area (Å²) in [6, 6.07) is 19.5. The molecule has 0 atom stereocenters. The maximum atomic E-state index is 10.0. The summed E-state index contributed by atoms with van der Waals surface area (Å²) >= 11 is 41.4. The van der Waals surface area contributed by atoms with E-state index in [0.717, 1.165) is 5.56 Å². The van der Waals surface area contributed by atoms with Crippen LogP contribution in [0.1, 0.15) is 16.7 Å². The predicted octanol–water partition coefficient (Wildman–Crippen LogP) is 10.6. The molecular formula is C26H19Cl7O3. The van der Waals surface area contributed by atoms with Gasteiger partial charge >= 0.3 is 0 Å². The van der Waals surface area contributed by atoms with Gasteiger partial charge in [-0.05, 0) is 42.8 Å². The minimum Gasteiger partial charge on any atom is -0.508 e. The van der Waals surface area contributed by atoms with Crippen molar-refractivity contribution in [3.05, 3.63) is 119 Å². The minimum atomic E-state index is -0.252. The molecule has 4 aromatic carbocycles. The van der Waals surface area contributed by atoms with E-state index in [-0.39, 0.29) is 64.9 Å². The van der Waals surface area contributed by atoms with E-state index in [2.05, 4.69) is 0 Å². The SMILES string of the molecule is Cc1cc(O)ccc1Cl.Oc1c(Cl)cc(Cl)c(Cl)c1Cc1c(O)c(Cl)cc(Cl)c1Cl.c1ccccc1. The normalized spacial score (nSPS) is 10.1. The monoisotopic (exact) mass is 624 g/mol. The number of hydrogen-bond acceptors (Lipinski definition) is 3. The summed E-state index contributed by atoms with van der Waals surface area (Å²) in [5.41, 5.74) is 1.33. The largest absolute Gasteiger partial charge is 0.508 e. The van der Waals surface area contributed by atoms with E-state index < -0.39 is 0 Å². The van der Waals surface area contributed by atoms with Gasteiger partial charge in [-0.3, -0.25) is 0 Å². The van der Waals surface area contributed by atoms with E-state index in [1.807, 2.05) is 43.3 Å². The Hall–Kier alpha value is -1.69. The number of phenols is 3. The van der Waals surface area contributed by atoms with Crippen molar-refractivity contribution in [1.82, 2.24) is 0 Å². The van der Waals surface area contributed by atoms with Crippen LogP contribution in [0, 0.1) is 6.92 Å². The first-order valence-corrected chi connectivity index (χ1v) is 12.7. The van der Waals surface area contributed by atoms with E-state index in [0.29, 0.717) is 5.02 Å². The first kappa shape index (κ1) is 30.5. The van der Waals surface area contributed by atoms with Gasteiger partial charge in [0.2, 0.25) is 0 Å². The average molecular weight is 628 g/mol. The van der Waals surface area contributed by atoms with Gasteiger partial charge < -0.3 is 15.3 Å². The van der Waals surface area contributed by atoms with Crippen molar-refractivity contribution in [2.45, 2.75) is 13.3 Å². The summed E-state index contributed by atoms with van der Waals surface area (Å²) in [5, 5.41) is 30.2. The fourth-order valence-corrected chi connectivity index (χ4v) is 4.33. The lowest BCUT2D eigenvalue weighted by molar-refractivity contribution is 0.463. The molecule has 0 aliphatic carbocycles. The molecule has 0 aliphatic rings. The molecule has 0 aliphatic heterocycles. The number of hydrogen-bond donors (Lipinski definition) is 3. The average Bonchev–Trinajstić information content (AvgIpc) is 2.85. The highest BCUT2D eigenvalue weighted by Crippen LogP contribution is 2.44. The molecule has 0 fully saturated rings. The number of benzene rings is 4. The number of halogens is 7. The highest BCUT2D eigenvalue weighted by Gasteiger charge is 2.21. The summed E-state index contributed by atoms with van der Waals surface area (Å²) in [7, 11) is 0. The molecule has 4 aromatic rings. The highest BCUT2D eigenvalue weighted by molar-refractivity contribution is 6.45. The topological polar surface area (TPSA) is 60.7 Å². The summed E-state index contributed by atoms with van der Waals surface area (Å²) in [5.74, 6) is -0.243. The summed E-state index contributed by atoms with van der Waals surface area (Å²) in [6.45, 7) is 1.85. The molecule has 36 heavy (non-hydrogen) atoms. The fraction of sp³-hybridized carbons (Fsp3) is 0.0769. The molecular weight excluding hydrogens is 608 g/mol. The standard InChI is InChI=1S/C13H6Cl6O2.C7H7ClO.C6H6/c14-6-2-8(16)12(20)4(10(6)18)1-5-11(19)7(15)3-9(17)13(5)21;1-5-4-6(9)2-3-7(5)8;1-2-4-6-5-3-1/h2-3,20-21H,1H2;2-4,9H,1H3;1-6H. The van der Waals surface area contributed by atoms with Gasteiger partial charge in [0.15, 0.2) is 0 Å². The zero-order valence-electron chi connectivity index (χ0n) is 18.5. The lowest BCUT2D eigenvalue weighted by Crippen LogP contribution is -1.95. The zero-order chi connectivity index (χ0) is 27.0. The lowest BCUT2D eigenvalue weighted by Gasteiger charge is -2.14. The minimum absolute atomic E-state index is 0.0307. The van der Waals surface area contributed by atoms with Gasteiger partial charge in [-0.15, -0.1) is 0 Å². The molecule has 3 N–H and O–H groups in total. The van der Waals surface area contributed by atoms with Crippen LogP contribution in [0.2, 0.25) is 35.2 Å². The van der Waals surface area contributed by atoms with Gasteiger partial charge in [0.05, 0.1) is 30.1 Å². The van der Waals surface area contributed by atoms with Gasteiger partial charge in [0.25, 0.3) is 0 Å². The van der Waals surface area contributed by atoms with Crippen LogP contribution in [0.4, 0.5) is 0 Å². The third-order valence-corrected chi connectivity index (χ3v) is 7.30. The molecule has 3 nitrogen and oxygen atoms in total. The van der Waals surface area contributed by atoms with Gasteiger partial charge in [-0.1, -0.05) is 118 Å². The van der Waals surface area contributed by atoms with E-state index >= 15 is 0 Å². The van der Waals surface area contributed by atoms with Crippen molar-refractivity contribution in [2.24, 2.45) is 0 Å². The Balaban J connectivity index is 0.000000247.